The molecule has 7 nitrogen and oxygen atoms in total. The first kappa shape index (κ1) is 24.4. The fraction of sp³-hybridized carbons (Fsp3) is 0.640. The number of nitrogens with zero attached hydrogens (tertiary/aromatic N) is 4. The van der Waals surface area contributed by atoms with Crippen LogP contribution in [-0.2, 0) is 11.3 Å². The summed E-state index contributed by atoms with van der Waals surface area (Å²) >= 11 is 3.44. The zero-order chi connectivity index (χ0) is 23.2. The maximum absolute atomic E-state index is 12.8. The third kappa shape index (κ3) is 7.11. The van der Waals surface area contributed by atoms with Gasteiger partial charge in [-0.3, -0.25) is 9.69 Å². The monoisotopic (exact) mass is 517 g/mol. The van der Waals surface area contributed by atoms with E-state index in [9.17, 15) is 4.79 Å². The van der Waals surface area contributed by atoms with Crippen LogP contribution >= 0.6 is 15.9 Å². The van der Waals surface area contributed by atoms with E-state index in [1.807, 2.05) is 24.3 Å². The lowest BCUT2D eigenvalue weighted by atomic mass is 9.92. The van der Waals surface area contributed by atoms with Gasteiger partial charge in [-0.1, -0.05) is 34.9 Å². The average Bonchev–Trinajstić information content (AvgIpc) is 3.25. The molecule has 180 valence electrons. The molecule has 2 saturated heterocycles. The lowest BCUT2D eigenvalue weighted by Gasteiger charge is -2.35. The van der Waals surface area contributed by atoms with Crippen molar-refractivity contribution in [2.75, 3.05) is 39.3 Å². The second kappa shape index (κ2) is 11.6. The quantitative estimate of drug-likeness (QED) is 0.529. The molecule has 0 bridgehead atoms. The van der Waals surface area contributed by atoms with Gasteiger partial charge in [0.2, 0.25) is 17.6 Å². The molecule has 2 aliphatic rings. The van der Waals surface area contributed by atoms with Crippen LogP contribution in [0.15, 0.2) is 33.3 Å². The van der Waals surface area contributed by atoms with E-state index in [4.69, 9.17) is 4.52 Å². The fourth-order valence-electron chi connectivity index (χ4n) is 5.27. The highest BCUT2D eigenvalue weighted by molar-refractivity contribution is 9.10. The number of carbonyl (C=O) groups excluding carboxylic acids is 1. The van der Waals surface area contributed by atoms with Gasteiger partial charge in [0.1, 0.15) is 0 Å². The zero-order valence-electron chi connectivity index (χ0n) is 19.8. The predicted octanol–water partition coefficient (Wildman–Crippen LogP) is 4.20. The summed E-state index contributed by atoms with van der Waals surface area (Å²) in [4.78, 5) is 22.1. The van der Waals surface area contributed by atoms with Crippen molar-refractivity contribution in [2.24, 2.45) is 17.8 Å². The number of aromatic nitrogens is 2. The van der Waals surface area contributed by atoms with Crippen molar-refractivity contribution < 1.29 is 9.32 Å². The highest BCUT2D eigenvalue weighted by Crippen LogP contribution is 2.22. The number of hydrogen-bond acceptors (Lipinski definition) is 6. The zero-order valence-corrected chi connectivity index (χ0v) is 21.4. The summed E-state index contributed by atoms with van der Waals surface area (Å²) in [5.41, 5.74) is 0.928. The minimum absolute atomic E-state index is 0.0302. The number of carbonyl (C=O) groups is 1. The van der Waals surface area contributed by atoms with Gasteiger partial charge in [-0.15, -0.1) is 0 Å². The molecule has 1 aromatic heterocycles. The molecule has 3 atom stereocenters. The number of amides is 1. The Hall–Kier alpha value is -1.77. The Bertz CT molecular complexity index is 892. The van der Waals surface area contributed by atoms with Crippen molar-refractivity contribution in [2.45, 2.75) is 46.1 Å². The summed E-state index contributed by atoms with van der Waals surface area (Å²) in [5.74, 6) is 2.96. The standard InChI is InChI=1S/C25H36BrN5O2/c1-18-13-19(2)15-30(14-18)12-4-10-27-25(32)21-5-3-11-31(16-21)17-23-28-24(29-33-23)20-6-8-22(26)9-7-20/h6-9,18-19,21H,3-5,10-17H2,1-2H3,(H,27,32). The van der Waals surface area contributed by atoms with Gasteiger partial charge in [-0.25, -0.2) is 0 Å². The molecule has 3 unspecified atom stereocenters. The number of piperidine rings is 2. The molecule has 2 fully saturated rings. The lowest BCUT2D eigenvalue weighted by Crippen LogP contribution is -2.43. The van der Waals surface area contributed by atoms with Crippen LogP contribution in [-0.4, -0.2) is 65.1 Å². The SMILES string of the molecule is CC1CC(C)CN(CCCNC(=O)C2CCCN(Cc3nc(-c4ccc(Br)cc4)no3)C2)C1. The average molecular weight is 519 g/mol. The first-order valence-electron chi connectivity index (χ1n) is 12.3. The molecule has 33 heavy (non-hydrogen) atoms. The van der Waals surface area contributed by atoms with Crippen LogP contribution in [0.2, 0.25) is 0 Å². The summed E-state index contributed by atoms with van der Waals surface area (Å²) < 4.78 is 6.50. The Morgan fingerprint density at radius 2 is 1.91 bits per heavy atom. The maximum atomic E-state index is 12.8. The van der Waals surface area contributed by atoms with Gasteiger partial charge in [-0.05, 0) is 74.9 Å². The Morgan fingerprint density at radius 1 is 1.15 bits per heavy atom. The third-order valence-corrected chi connectivity index (χ3v) is 7.23. The van der Waals surface area contributed by atoms with E-state index in [1.54, 1.807) is 0 Å². The second-order valence-electron chi connectivity index (χ2n) is 9.94. The van der Waals surface area contributed by atoms with Crippen molar-refractivity contribution in [3.8, 4) is 11.4 Å². The van der Waals surface area contributed by atoms with Crippen LogP contribution in [0.25, 0.3) is 11.4 Å². The molecule has 4 rings (SSSR count). The van der Waals surface area contributed by atoms with Gasteiger partial charge < -0.3 is 14.7 Å². The molecule has 0 saturated carbocycles. The van der Waals surface area contributed by atoms with Gasteiger partial charge in [0, 0.05) is 36.2 Å². The van der Waals surface area contributed by atoms with Gasteiger partial charge in [0.25, 0.3) is 0 Å². The number of nitrogens with one attached hydrogen (secondary N) is 1. The van der Waals surface area contributed by atoms with E-state index in [0.717, 1.165) is 67.3 Å². The van der Waals surface area contributed by atoms with Gasteiger partial charge in [-0.2, -0.15) is 4.98 Å². The third-order valence-electron chi connectivity index (χ3n) is 6.70. The van der Waals surface area contributed by atoms with Crippen LogP contribution in [0.5, 0.6) is 0 Å². The van der Waals surface area contributed by atoms with Crippen LogP contribution in [0, 0.1) is 17.8 Å². The molecule has 1 amide bonds. The van der Waals surface area contributed by atoms with Crippen molar-refractivity contribution in [1.29, 1.82) is 0 Å². The molecule has 1 N–H and O–H groups in total. The van der Waals surface area contributed by atoms with E-state index in [-0.39, 0.29) is 11.8 Å². The van der Waals surface area contributed by atoms with E-state index in [1.165, 1.54) is 19.5 Å². The minimum Gasteiger partial charge on any atom is -0.356 e. The molecule has 0 radical (unpaired) electrons. The molecular weight excluding hydrogens is 482 g/mol. The molecule has 2 aliphatic heterocycles. The Kier molecular flexibility index (Phi) is 8.55. The molecule has 0 spiro atoms. The fourth-order valence-corrected chi connectivity index (χ4v) is 5.54. The van der Waals surface area contributed by atoms with Crippen LogP contribution < -0.4 is 5.32 Å². The number of likely N-dealkylation sites (tertiary alicyclic amines) is 2. The van der Waals surface area contributed by atoms with Crippen LogP contribution in [0.3, 0.4) is 0 Å². The van der Waals surface area contributed by atoms with Crippen molar-refractivity contribution in [3.63, 3.8) is 0 Å². The summed E-state index contributed by atoms with van der Waals surface area (Å²) in [6.45, 7) is 11.2. The first-order valence-corrected chi connectivity index (χ1v) is 13.1. The van der Waals surface area contributed by atoms with Gasteiger partial charge >= 0.3 is 0 Å². The summed E-state index contributed by atoms with van der Waals surface area (Å²) in [5, 5.41) is 7.30. The Morgan fingerprint density at radius 3 is 2.67 bits per heavy atom. The number of halogens is 1. The first-order chi connectivity index (χ1) is 16.0. The van der Waals surface area contributed by atoms with Gasteiger partial charge in [0.15, 0.2) is 0 Å². The molecule has 8 heteroatoms. The summed E-state index contributed by atoms with van der Waals surface area (Å²) in [7, 11) is 0. The second-order valence-corrected chi connectivity index (χ2v) is 10.9. The summed E-state index contributed by atoms with van der Waals surface area (Å²) in [6.07, 6.45) is 4.30. The normalized spacial score (nSPS) is 24.6. The highest BCUT2D eigenvalue weighted by atomic mass is 79.9. The van der Waals surface area contributed by atoms with Crippen LogP contribution in [0.4, 0.5) is 0 Å². The molecule has 1 aromatic carbocycles. The van der Waals surface area contributed by atoms with E-state index >= 15 is 0 Å². The maximum Gasteiger partial charge on any atom is 0.241 e. The van der Waals surface area contributed by atoms with Crippen molar-refractivity contribution >= 4 is 21.8 Å². The summed E-state index contributed by atoms with van der Waals surface area (Å²) in [6, 6.07) is 7.86. The largest absolute Gasteiger partial charge is 0.356 e. The van der Waals surface area contributed by atoms with Gasteiger partial charge in [0.05, 0.1) is 12.5 Å². The Labute approximate surface area is 205 Å². The smallest absolute Gasteiger partial charge is 0.241 e. The lowest BCUT2D eigenvalue weighted by molar-refractivity contribution is -0.126. The van der Waals surface area contributed by atoms with E-state index < -0.39 is 0 Å². The van der Waals surface area contributed by atoms with E-state index in [2.05, 4.69) is 55.0 Å². The van der Waals surface area contributed by atoms with E-state index in [0.29, 0.717) is 18.3 Å². The number of hydrogen-bond donors (Lipinski definition) is 1. The highest BCUT2D eigenvalue weighted by Gasteiger charge is 2.27. The molecule has 3 heterocycles. The number of rotatable bonds is 8. The Balaban J connectivity index is 1.20. The molecule has 0 aliphatic carbocycles. The number of benzene rings is 1. The van der Waals surface area contributed by atoms with Crippen molar-refractivity contribution in [1.82, 2.24) is 25.3 Å². The minimum atomic E-state index is 0.0302. The van der Waals surface area contributed by atoms with Crippen LogP contribution in [0.1, 0.15) is 45.4 Å². The molecular formula is C25H36BrN5O2. The molecule has 2 aromatic rings. The topological polar surface area (TPSA) is 74.5 Å². The predicted molar refractivity (Wildman–Crippen MR) is 132 cm³/mol. The van der Waals surface area contributed by atoms with Crippen molar-refractivity contribution in [3.05, 3.63) is 34.6 Å².